The molecule has 1 N–H and O–H groups in total. The Morgan fingerprint density at radius 3 is 2.88 bits per heavy atom. The SMILES string of the molecule is C=CC1=C(CCC)Sc2ccccc2C(=O)N1. The van der Waals surface area contributed by atoms with Gasteiger partial charge in [-0.2, -0.15) is 0 Å². The zero-order chi connectivity index (χ0) is 12.3. The molecule has 0 aliphatic carbocycles. The zero-order valence-electron chi connectivity index (χ0n) is 9.82. The van der Waals surface area contributed by atoms with Crippen LogP contribution in [0.5, 0.6) is 0 Å². The summed E-state index contributed by atoms with van der Waals surface area (Å²) < 4.78 is 0. The first-order chi connectivity index (χ1) is 8.26. The molecule has 0 radical (unpaired) electrons. The van der Waals surface area contributed by atoms with Crippen LogP contribution in [0.1, 0.15) is 30.1 Å². The highest BCUT2D eigenvalue weighted by atomic mass is 32.2. The van der Waals surface area contributed by atoms with Crippen LogP contribution < -0.4 is 5.32 Å². The molecule has 0 bridgehead atoms. The van der Waals surface area contributed by atoms with Gasteiger partial charge in [-0.3, -0.25) is 4.79 Å². The zero-order valence-corrected chi connectivity index (χ0v) is 10.6. The second-order valence-corrected chi connectivity index (χ2v) is 4.98. The van der Waals surface area contributed by atoms with Crippen molar-refractivity contribution < 1.29 is 4.79 Å². The number of allylic oxidation sites excluding steroid dienone is 2. The average Bonchev–Trinajstić information content (AvgIpc) is 2.48. The molecule has 17 heavy (non-hydrogen) atoms. The van der Waals surface area contributed by atoms with E-state index in [2.05, 4.69) is 18.8 Å². The average molecular weight is 245 g/mol. The largest absolute Gasteiger partial charge is 0.321 e. The van der Waals surface area contributed by atoms with E-state index in [9.17, 15) is 4.79 Å². The molecule has 0 saturated heterocycles. The Morgan fingerprint density at radius 2 is 2.18 bits per heavy atom. The van der Waals surface area contributed by atoms with Crippen molar-refractivity contribution in [3.63, 3.8) is 0 Å². The van der Waals surface area contributed by atoms with Gasteiger partial charge in [-0.05, 0) is 24.6 Å². The molecular formula is C14H15NOS. The third-order valence-electron chi connectivity index (χ3n) is 2.59. The standard InChI is InChI=1S/C14H15NOS/c1-3-7-13-11(4-2)15-14(16)10-8-5-6-9-12(10)17-13/h4-6,8-9H,2-3,7H2,1H3,(H,15,16). The number of nitrogens with one attached hydrogen (secondary N) is 1. The van der Waals surface area contributed by atoms with Crippen LogP contribution in [0.3, 0.4) is 0 Å². The van der Waals surface area contributed by atoms with Gasteiger partial charge in [0.15, 0.2) is 0 Å². The van der Waals surface area contributed by atoms with E-state index in [1.807, 2.05) is 24.3 Å². The minimum Gasteiger partial charge on any atom is -0.321 e. The van der Waals surface area contributed by atoms with Crippen LogP contribution in [0.4, 0.5) is 0 Å². The Bertz CT molecular complexity index is 491. The first kappa shape index (κ1) is 12.0. The van der Waals surface area contributed by atoms with E-state index >= 15 is 0 Å². The van der Waals surface area contributed by atoms with Gasteiger partial charge in [-0.15, -0.1) is 0 Å². The van der Waals surface area contributed by atoms with Crippen molar-refractivity contribution in [3.05, 3.63) is 53.1 Å². The summed E-state index contributed by atoms with van der Waals surface area (Å²) in [6.07, 6.45) is 3.74. The van der Waals surface area contributed by atoms with Crippen LogP contribution in [-0.4, -0.2) is 5.91 Å². The number of rotatable bonds is 3. The van der Waals surface area contributed by atoms with Crippen LogP contribution in [0, 0.1) is 0 Å². The second-order valence-electron chi connectivity index (χ2n) is 3.84. The van der Waals surface area contributed by atoms with Crippen LogP contribution in [0.2, 0.25) is 0 Å². The molecule has 2 rings (SSSR count). The molecule has 1 aliphatic heterocycles. The Labute approximate surface area is 106 Å². The Hall–Kier alpha value is -1.48. The fourth-order valence-corrected chi connectivity index (χ4v) is 3.00. The van der Waals surface area contributed by atoms with Crippen LogP contribution in [-0.2, 0) is 0 Å². The number of thioether (sulfide) groups is 1. The molecule has 1 aliphatic rings. The van der Waals surface area contributed by atoms with E-state index in [-0.39, 0.29) is 5.91 Å². The third-order valence-corrected chi connectivity index (χ3v) is 3.84. The predicted octanol–water partition coefficient (Wildman–Crippen LogP) is 3.72. The number of hydrogen-bond acceptors (Lipinski definition) is 2. The summed E-state index contributed by atoms with van der Waals surface area (Å²) in [7, 11) is 0. The van der Waals surface area contributed by atoms with Gasteiger partial charge in [-0.1, -0.05) is 43.8 Å². The number of amides is 1. The summed E-state index contributed by atoms with van der Waals surface area (Å²) in [5.74, 6) is -0.0471. The monoisotopic (exact) mass is 245 g/mol. The van der Waals surface area contributed by atoms with Gasteiger partial charge in [-0.25, -0.2) is 0 Å². The number of carbonyl (C=O) groups excluding carboxylic acids is 1. The van der Waals surface area contributed by atoms with Gasteiger partial charge in [0.25, 0.3) is 5.91 Å². The van der Waals surface area contributed by atoms with E-state index < -0.39 is 0 Å². The third kappa shape index (κ3) is 2.44. The topological polar surface area (TPSA) is 29.1 Å². The van der Waals surface area contributed by atoms with Crippen LogP contribution in [0.25, 0.3) is 0 Å². The quantitative estimate of drug-likeness (QED) is 0.879. The first-order valence-corrected chi connectivity index (χ1v) is 6.51. The molecule has 1 heterocycles. The van der Waals surface area contributed by atoms with Crippen LogP contribution in [0.15, 0.2) is 52.4 Å². The molecule has 0 spiro atoms. The van der Waals surface area contributed by atoms with Crippen molar-refractivity contribution >= 4 is 17.7 Å². The Balaban J connectivity index is 2.46. The minimum atomic E-state index is -0.0471. The van der Waals surface area contributed by atoms with Crippen molar-refractivity contribution in [2.75, 3.05) is 0 Å². The molecule has 0 unspecified atom stereocenters. The lowest BCUT2D eigenvalue weighted by atomic mass is 10.2. The molecule has 0 fully saturated rings. The van der Waals surface area contributed by atoms with E-state index in [4.69, 9.17) is 0 Å². The van der Waals surface area contributed by atoms with Crippen molar-refractivity contribution in [2.24, 2.45) is 0 Å². The maximum absolute atomic E-state index is 12.0. The van der Waals surface area contributed by atoms with E-state index in [1.165, 1.54) is 4.91 Å². The maximum atomic E-state index is 12.0. The number of benzene rings is 1. The highest BCUT2D eigenvalue weighted by Gasteiger charge is 2.19. The van der Waals surface area contributed by atoms with Gasteiger partial charge in [0.1, 0.15) is 0 Å². The molecule has 0 aromatic heterocycles. The Morgan fingerprint density at radius 1 is 1.41 bits per heavy atom. The van der Waals surface area contributed by atoms with Gasteiger partial charge in [0.05, 0.1) is 11.3 Å². The summed E-state index contributed by atoms with van der Waals surface area (Å²) >= 11 is 1.66. The first-order valence-electron chi connectivity index (χ1n) is 5.70. The van der Waals surface area contributed by atoms with Crippen molar-refractivity contribution in [3.8, 4) is 0 Å². The smallest absolute Gasteiger partial charge is 0.256 e. The van der Waals surface area contributed by atoms with Gasteiger partial charge < -0.3 is 5.32 Å². The van der Waals surface area contributed by atoms with E-state index in [0.717, 1.165) is 29.0 Å². The van der Waals surface area contributed by atoms with Crippen molar-refractivity contribution in [1.82, 2.24) is 5.32 Å². The van der Waals surface area contributed by atoms with Gasteiger partial charge >= 0.3 is 0 Å². The summed E-state index contributed by atoms with van der Waals surface area (Å²) in [5, 5.41) is 2.92. The normalized spacial score (nSPS) is 15.0. The molecule has 1 aromatic rings. The predicted molar refractivity (Wildman–Crippen MR) is 71.9 cm³/mol. The number of hydrogen-bond donors (Lipinski definition) is 1. The Kier molecular flexibility index (Phi) is 3.69. The molecule has 88 valence electrons. The lowest BCUT2D eigenvalue weighted by Gasteiger charge is -2.07. The lowest BCUT2D eigenvalue weighted by Crippen LogP contribution is -2.21. The van der Waals surface area contributed by atoms with Crippen molar-refractivity contribution in [2.45, 2.75) is 24.7 Å². The van der Waals surface area contributed by atoms with Gasteiger partial charge in [0, 0.05) is 9.80 Å². The molecule has 0 atom stereocenters. The maximum Gasteiger partial charge on any atom is 0.256 e. The summed E-state index contributed by atoms with van der Waals surface area (Å²) in [4.78, 5) is 14.2. The van der Waals surface area contributed by atoms with Crippen LogP contribution >= 0.6 is 11.8 Å². The highest BCUT2D eigenvalue weighted by molar-refractivity contribution is 8.03. The molecule has 0 saturated carbocycles. The molecule has 1 amide bonds. The molecule has 2 nitrogen and oxygen atoms in total. The molecular weight excluding hydrogens is 230 g/mol. The lowest BCUT2D eigenvalue weighted by molar-refractivity contribution is 0.0964. The second kappa shape index (κ2) is 5.23. The summed E-state index contributed by atoms with van der Waals surface area (Å²) in [6.45, 7) is 5.90. The fourth-order valence-electron chi connectivity index (χ4n) is 1.77. The van der Waals surface area contributed by atoms with Gasteiger partial charge in [0.2, 0.25) is 0 Å². The van der Waals surface area contributed by atoms with E-state index in [1.54, 1.807) is 17.8 Å². The number of fused-ring (bicyclic) bond motifs is 1. The highest BCUT2D eigenvalue weighted by Crippen LogP contribution is 2.36. The van der Waals surface area contributed by atoms with Crippen molar-refractivity contribution in [1.29, 1.82) is 0 Å². The molecule has 3 heteroatoms. The molecule has 1 aromatic carbocycles. The summed E-state index contributed by atoms with van der Waals surface area (Å²) in [6, 6.07) is 7.69. The van der Waals surface area contributed by atoms with E-state index in [0.29, 0.717) is 0 Å². The number of carbonyl (C=O) groups is 1. The summed E-state index contributed by atoms with van der Waals surface area (Å²) in [5.41, 5.74) is 1.58. The fraction of sp³-hybridized carbons (Fsp3) is 0.214. The minimum absolute atomic E-state index is 0.0471.